The van der Waals surface area contributed by atoms with Crippen molar-refractivity contribution in [3.05, 3.63) is 47.0 Å². The Labute approximate surface area is 99.4 Å². The zero-order valence-electron chi connectivity index (χ0n) is 9.20. The van der Waals surface area contributed by atoms with Gasteiger partial charge < -0.3 is 9.72 Å². The number of rotatable bonds is 3. The highest BCUT2D eigenvalue weighted by atomic mass is 35.5. The van der Waals surface area contributed by atoms with Crippen molar-refractivity contribution in [2.45, 2.75) is 12.8 Å². The number of hydrogen-bond donors (Lipinski definition) is 1. The van der Waals surface area contributed by atoms with E-state index in [0.717, 1.165) is 22.2 Å². The molecule has 4 heteroatoms. The molecule has 0 fully saturated rings. The van der Waals surface area contributed by atoms with Gasteiger partial charge in [-0.15, -0.1) is 0 Å². The Morgan fingerprint density at radius 1 is 1.44 bits per heavy atom. The van der Waals surface area contributed by atoms with Gasteiger partial charge in [-0.3, -0.25) is 0 Å². The molecule has 0 aliphatic rings. The lowest BCUT2D eigenvalue weighted by Gasteiger charge is -2.12. The van der Waals surface area contributed by atoms with Crippen LogP contribution in [0.5, 0.6) is 5.75 Å². The number of hydrogen-bond acceptors (Lipinski definition) is 2. The van der Waals surface area contributed by atoms with E-state index in [2.05, 4.69) is 16.9 Å². The van der Waals surface area contributed by atoms with Crippen molar-refractivity contribution in [3.63, 3.8) is 0 Å². The second-order valence-corrected chi connectivity index (χ2v) is 3.99. The maximum atomic E-state index is 6.17. The molecule has 0 aliphatic heterocycles. The number of halogens is 1. The molecule has 0 spiro atoms. The van der Waals surface area contributed by atoms with E-state index in [1.54, 1.807) is 19.5 Å². The number of aromatic nitrogens is 2. The molecule has 1 N–H and O–H groups in total. The molecule has 1 aromatic heterocycles. The Hall–Kier alpha value is -1.48. The van der Waals surface area contributed by atoms with Crippen molar-refractivity contribution in [1.29, 1.82) is 0 Å². The molecule has 0 saturated heterocycles. The first kappa shape index (κ1) is 11.0. The van der Waals surface area contributed by atoms with Crippen LogP contribution < -0.4 is 4.74 Å². The van der Waals surface area contributed by atoms with E-state index in [4.69, 9.17) is 16.3 Å². The number of H-pyrrole nitrogens is 1. The quantitative estimate of drug-likeness (QED) is 0.889. The number of benzene rings is 1. The van der Waals surface area contributed by atoms with Gasteiger partial charge in [0.25, 0.3) is 0 Å². The summed E-state index contributed by atoms with van der Waals surface area (Å²) in [6.45, 7) is 2.06. The van der Waals surface area contributed by atoms with Gasteiger partial charge in [0.15, 0.2) is 0 Å². The smallest absolute Gasteiger partial charge is 0.119 e. The third kappa shape index (κ3) is 2.04. The first-order valence-electron chi connectivity index (χ1n) is 5.05. The van der Waals surface area contributed by atoms with Crippen LogP contribution in [0.3, 0.4) is 0 Å². The predicted molar refractivity (Wildman–Crippen MR) is 64.1 cm³/mol. The minimum atomic E-state index is 0.123. The molecule has 2 aromatic rings. The lowest BCUT2D eigenvalue weighted by atomic mass is 10.0. The number of nitrogens with one attached hydrogen (secondary N) is 1. The van der Waals surface area contributed by atoms with Gasteiger partial charge in [-0.25, -0.2) is 4.98 Å². The van der Waals surface area contributed by atoms with Gasteiger partial charge in [0, 0.05) is 23.3 Å². The third-order valence-corrected chi connectivity index (χ3v) is 2.94. The van der Waals surface area contributed by atoms with Crippen LogP contribution in [-0.4, -0.2) is 17.1 Å². The topological polar surface area (TPSA) is 37.9 Å². The monoisotopic (exact) mass is 236 g/mol. The van der Waals surface area contributed by atoms with Crippen LogP contribution in [0, 0.1) is 0 Å². The molecular formula is C12H13ClN2O. The molecule has 1 unspecified atom stereocenters. The largest absolute Gasteiger partial charge is 0.497 e. The van der Waals surface area contributed by atoms with Crippen molar-refractivity contribution in [1.82, 2.24) is 9.97 Å². The Kier molecular flexibility index (Phi) is 3.15. The van der Waals surface area contributed by atoms with Crippen molar-refractivity contribution < 1.29 is 4.74 Å². The standard InChI is InChI=1S/C12H13ClN2O/c1-8(12-14-5-6-15-12)10-7-9(16-2)3-4-11(10)13/h3-8H,1-2H3,(H,14,15). The Morgan fingerprint density at radius 2 is 2.25 bits per heavy atom. The first-order chi connectivity index (χ1) is 7.72. The highest BCUT2D eigenvalue weighted by Crippen LogP contribution is 2.31. The first-order valence-corrected chi connectivity index (χ1v) is 5.43. The molecule has 1 aromatic carbocycles. The summed E-state index contributed by atoms with van der Waals surface area (Å²) in [5.41, 5.74) is 1.01. The second kappa shape index (κ2) is 4.58. The number of nitrogens with zero attached hydrogens (tertiary/aromatic N) is 1. The van der Waals surface area contributed by atoms with Crippen LogP contribution in [0.2, 0.25) is 5.02 Å². The Bertz CT molecular complexity index is 468. The fourth-order valence-electron chi connectivity index (χ4n) is 1.64. The third-order valence-electron chi connectivity index (χ3n) is 2.60. The SMILES string of the molecule is COc1ccc(Cl)c(C(C)c2ncc[nH]2)c1. The highest BCUT2D eigenvalue weighted by molar-refractivity contribution is 6.31. The maximum absolute atomic E-state index is 6.17. The summed E-state index contributed by atoms with van der Waals surface area (Å²) < 4.78 is 5.19. The van der Waals surface area contributed by atoms with Crippen molar-refractivity contribution >= 4 is 11.6 Å². The molecule has 1 atom stereocenters. The summed E-state index contributed by atoms with van der Waals surface area (Å²) in [6.07, 6.45) is 3.54. The van der Waals surface area contributed by atoms with Crippen LogP contribution in [0.4, 0.5) is 0 Å². The molecule has 2 rings (SSSR count). The molecule has 3 nitrogen and oxygen atoms in total. The minimum absolute atomic E-state index is 0.123. The lowest BCUT2D eigenvalue weighted by Crippen LogP contribution is -2.00. The average molecular weight is 237 g/mol. The number of methoxy groups -OCH3 is 1. The minimum Gasteiger partial charge on any atom is -0.497 e. The molecule has 16 heavy (non-hydrogen) atoms. The van der Waals surface area contributed by atoms with E-state index < -0.39 is 0 Å². The maximum Gasteiger partial charge on any atom is 0.119 e. The molecule has 1 heterocycles. The Balaban J connectivity index is 2.39. The van der Waals surface area contributed by atoms with Gasteiger partial charge in [-0.05, 0) is 23.8 Å². The van der Waals surface area contributed by atoms with Gasteiger partial charge in [0.2, 0.25) is 0 Å². The number of aromatic amines is 1. The molecule has 0 amide bonds. The van der Waals surface area contributed by atoms with E-state index in [-0.39, 0.29) is 5.92 Å². The predicted octanol–water partition coefficient (Wildman–Crippen LogP) is 3.22. The normalized spacial score (nSPS) is 12.4. The number of ether oxygens (including phenoxy) is 1. The summed E-state index contributed by atoms with van der Waals surface area (Å²) in [4.78, 5) is 7.32. The van der Waals surface area contributed by atoms with Gasteiger partial charge in [0.1, 0.15) is 11.6 Å². The molecule has 0 aliphatic carbocycles. The van der Waals surface area contributed by atoms with E-state index >= 15 is 0 Å². The lowest BCUT2D eigenvalue weighted by molar-refractivity contribution is 0.414. The molecular weight excluding hydrogens is 224 g/mol. The summed E-state index contributed by atoms with van der Waals surface area (Å²) >= 11 is 6.17. The highest BCUT2D eigenvalue weighted by Gasteiger charge is 2.14. The fraction of sp³-hybridized carbons (Fsp3) is 0.250. The summed E-state index contributed by atoms with van der Waals surface area (Å²) in [6, 6.07) is 5.63. The van der Waals surface area contributed by atoms with E-state index in [0.29, 0.717) is 0 Å². The van der Waals surface area contributed by atoms with E-state index in [1.165, 1.54) is 0 Å². The zero-order valence-corrected chi connectivity index (χ0v) is 9.95. The van der Waals surface area contributed by atoms with Crippen LogP contribution >= 0.6 is 11.6 Å². The van der Waals surface area contributed by atoms with Crippen LogP contribution in [0.15, 0.2) is 30.6 Å². The second-order valence-electron chi connectivity index (χ2n) is 3.58. The molecule has 0 saturated carbocycles. The van der Waals surface area contributed by atoms with Crippen molar-refractivity contribution in [3.8, 4) is 5.75 Å². The summed E-state index contributed by atoms with van der Waals surface area (Å²) in [5, 5.41) is 0.727. The van der Waals surface area contributed by atoms with E-state index in [1.807, 2.05) is 18.2 Å². The molecule has 0 bridgehead atoms. The Morgan fingerprint density at radius 3 is 2.88 bits per heavy atom. The van der Waals surface area contributed by atoms with E-state index in [9.17, 15) is 0 Å². The van der Waals surface area contributed by atoms with Gasteiger partial charge in [0.05, 0.1) is 7.11 Å². The van der Waals surface area contributed by atoms with Gasteiger partial charge in [-0.2, -0.15) is 0 Å². The van der Waals surface area contributed by atoms with Gasteiger partial charge in [-0.1, -0.05) is 18.5 Å². The summed E-state index contributed by atoms with van der Waals surface area (Å²) in [5.74, 6) is 1.82. The van der Waals surface area contributed by atoms with Crippen molar-refractivity contribution in [2.75, 3.05) is 7.11 Å². The fourth-order valence-corrected chi connectivity index (χ4v) is 1.92. The van der Waals surface area contributed by atoms with Crippen LogP contribution in [0.25, 0.3) is 0 Å². The zero-order chi connectivity index (χ0) is 11.5. The average Bonchev–Trinajstić information content (AvgIpc) is 2.82. The van der Waals surface area contributed by atoms with Crippen molar-refractivity contribution in [2.24, 2.45) is 0 Å². The number of imidazole rings is 1. The summed E-state index contributed by atoms with van der Waals surface area (Å²) in [7, 11) is 1.64. The molecule has 0 radical (unpaired) electrons. The van der Waals surface area contributed by atoms with Gasteiger partial charge >= 0.3 is 0 Å². The molecule has 84 valence electrons. The van der Waals surface area contributed by atoms with Crippen LogP contribution in [-0.2, 0) is 0 Å². The van der Waals surface area contributed by atoms with Crippen LogP contribution in [0.1, 0.15) is 24.2 Å².